The van der Waals surface area contributed by atoms with E-state index in [1.54, 1.807) is 0 Å². The van der Waals surface area contributed by atoms with Crippen LogP contribution < -0.4 is 5.73 Å². The van der Waals surface area contributed by atoms with Gasteiger partial charge >= 0.3 is 0 Å². The molecule has 0 amide bonds. The summed E-state index contributed by atoms with van der Waals surface area (Å²) in [6.07, 6.45) is 0. The van der Waals surface area contributed by atoms with Gasteiger partial charge in [0.25, 0.3) is 0 Å². The van der Waals surface area contributed by atoms with E-state index in [1.165, 1.54) is 53.2 Å². The molecule has 6 aromatic carbocycles. The summed E-state index contributed by atoms with van der Waals surface area (Å²) >= 11 is 1.85. The van der Waals surface area contributed by atoms with Crippen LogP contribution >= 0.6 is 11.3 Å². The van der Waals surface area contributed by atoms with Crippen LogP contribution in [0, 0.1) is 0 Å². The van der Waals surface area contributed by atoms with Crippen LogP contribution in [0.2, 0.25) is 0 Å². The Bertz CT molecular complexity index is 1990. The minimum absolute atomic E-state index is 0.232. The number of hydrogen-bond donors (Lipinski definition) is 1. The van der Waals surface area contributed by atoms with Crippen molar-refractivity contribution in [3.63, 3.8) is 0 Å². The number of hydrogen-bond acceptors (Lipinski definition) is 3. The molecule has 0 aliphatic rings. The van der Waals surface area contributed by atoms with Crippen LogP contribution in [-0.4, -0.2) is 12.4 Å². The molecule has 0 radical (unpaired) electrons. The van der Waals surface area contributed by atoms with Gasteiger partial charge < -0.3 is 5.73 Å². The lowest BCUT2D eigenvalue weighted by Crippen LogP contribution is -2.08. The average Bonchev–Trinajstić information content (AvgIpc) is 3.39. The number of fused-ring (bicyclic) bond motifs is 4. The third kappa shape index (κ3) is 4.22. The molecule has 0 spiro atoms. The molecule has 0 saturated heterocycles. The summed E-state index contributed by atoms with van der Waals surface area (Å²) in [5.41, 5.74) is 13.8. The Morgan fingerprint density at radius 1 is 0.564 bits per heavy atom. The van der Waals surface area contributed by atoms with E-state index < -0.39 is 0 Å². The van der Waals surface area contributed by atoms with Gasteiger partial charge in [0.1, 0.15) is 0 Å². The summed E-state index contributed by atoms with van der Waals surface area (Å²) in [4.78, 5) is 4.75. The third-order valence-electron chi connectivity index (χ3n) is 7.36. The van der Waals surface area contributed by atoms with E-state index in [2.05, 4.69) is 133 Å². The van der Waals surface area contributed by atoms with Crippen molar-refractivity contribution in [2.24, 2.45) is 10.7 Å². The second kappa shape index (κ2) is 9.95. The number of nitrogens with two attached hydrogens (primary N) is 1. The predicted molar refractivity (Wildman–Crippen MR) is 169 cm³/mol. The number of aliphatic imine (C=N–C) groups is 1. The van der Waals surface area contributed by atoms with Gasteiger partial charge in [0, 0.05) is 31.3 Å². The molecule has 0 aliphatic carbocycles. The first-order valence-corrected chi connectivity index (χ1v) is 14.0. The zero-order valence-electron chi connectivity index (χ0n) is 21.3. The highest BCUT2D eigenvalue weighted by atomic mass is 32.1. The number of benzene rings is 6. The van der Waals surface area contributed by atoms with Crippen molar-refractivity contribution in [1.82, 2.24) is 0 Å². The molecule has 1 aromatic heterocycles. The van der Waals surface area contributed by atoms with Crippen molar-refractivity contribution < 1.29 is 0 Å². The first kappa shape index (κ1) is 23.5. The van der Waals surface area contributed by atoms with Crippen molar-refractivity contribution in [2.75, 3.05) is 6.67 Å². The lowest BCUT2D eigenvalue weighted by Gasteiger charge is -2.12. The minimum atomic E-state index is 0.232. The highest BCUT2D eigenvalue weighted by Gasteiger charge is 2.13. The maximum Gasteiger partial charge on any atom is 0.0867 e. The maximum atomic E-state index is 5.97. The van der Waals surface area contributed by atoms with Gasteiger partial charge in [0.05, 0.1) is 12.4 Å². The van der Waals surface area contributed by atoms with Crippen LogP contribution in [0.4, 0.5) is 0 Å². The minimum Gasteiger partial charge on any atom is -0.312 e. The SMILES string of the molecule is NC/N=C(\c1ccc(-c2cccc3ccccc23)cc1)c1cccc(-c2cccc3sc4ccccc4c23)c1. The lowest BCUT2D eigenvalue weighted by atomic mass is 9.93. The zero-order chi connectivity index (χ0) is 26.2. The van der Waals surface area contributed by atoms with Crippen molar-refractivity contribution in [2.45, 2.75) is 0 Å². The van der Waals surface area contributed by atoms with E-state index in [-0.39, 0.29) is 6.67 Å². The Kier molecular flexibility index (Phi) is 6.01. The van der Waals surface area contributed by atoms with Crippen molar-refractivity contribution in [1.29, 1.82) is 0 Å². The second-order valence-corrected chi connectivity index (χ2v) is 10.7. The van der Waals surface area contributed by atoms with E-state index >= 15 is 0 Å². The number of thiophene rings is 1. The third-order valence-corrected chi connectivity index (χ3v) is 8.49. The first-order valence-electron chi connectivity index (χ1n) is 13.1. The fourth-order valence-corrected chi connectivity index (χ4v) is 6.71. The monoisotopic (exact) mass is 518 g/mol. The molecule has 3 heteroatoms. The Balaban J connectivity index is 1.30. The van der Waals surface area contributed by atoms with Crippen LogP contribution in [0.1, 0.15) is 11.1 Å². The van der Waals surface area contributed by atoms with Gasteiger partial charge in [0.15, 0.2) is 0 Å². The smallest absolute Gasteiger partial charge is 0.0867 e. The van der Waals surface area contributed by atoms with Gasteiger partial charge in [-0.2, -0.15) is 0 Å². The normalized spacial score (nSPS) is 12.0. The Morgan fingerprint density at radius 2 is 1.26 bits per heavy atom. The van der Waals surface area contributed by atoms with Gasteiger partial charge in [-0.15, -0.1) is 11.3 Å². The topological polar surface area (TPSA) is 38.4 Å². The quantitative estimate of drug-likeness (QED) is 0.227. The predicted octanol–water partition coefficient (Wildman–Crippen LogP) is 9.30. The van der Waals surface area contributed by atoms with Gasteiger partial charge in [0.2, 0.25) is 0 Å². The zero-order valence-corrected chi connectivity index (χ0v) is 22.2. The van der Waals surface area contributed by atoms with Crippen LogP contribution in [0.15, 0.2) is 138 Å². The molecule has 7 rings (SSSR count). The van der Waals surface area contributed by atoms with Crippen LogP contribution in [0.25, 0.3) is 53.2 Å². The van der Waals surface area contributed by atoms with Crippen molar-refractivity contribution >= 4 is 48.0 Å². The van der Waals surface area contributed by atoms with Crippen LogP contribution in [0.3, 0.4) is 0 Å². The summed E-state index contributed by atoms with van der Waals surface area (Å²) in [5, 5.41) is 5.12. The highest BCUT2D eigenvalue weighted by molar-refractivity contribution is 7.25. The maximum absolute atomic E-state index is 5.97. The van der Waals surface area contributed by atoms with Gasteiger partial charge in [-0.3, -0.25) is 4.99 Å². The second-order valence-electron chi connectivity index (χ2n) is 9.65. The van der Waals surface area contributed by atoms with Gasteiger partial charge in [-0.25, -0.2) is 0 Å². The Morgan fingerprint density at radius 3 is 2.13 bits per heavy atom. The summed E-state index contributed by atoms with van der Waals surface area (Å²) < 4.78 is 2.62. The summed E-state index contributed by atoms with van der Waals surface area (Å²) in [6, 6.07) is 47.6. The molecule has 0 fully saturated rings. The molecule has 0 saturated carbocycles. The van der Waals surface area contributed by atoms with Crippen molar-refractivity contribution in [3.8, 4) is 22.3 Å². The fraction of sp³-hybridized carbons (Fsp3) is 0.0278. The summed E-state index contributed by atoms with van der Waals surface area (Å²) in [6.45, 7) is 0.232. The standard InChI is InChI=1S/C36H26N2S/c37-23-38-36(26-20-18-25(19-21-26)30-14-6-9-24-8-1-2-12-29(24)30)28-11-5-10-27(22-28)31-15-7-17-34-35(31)32-13-3-4-16-33(32)39-34/h1-22H,23,37H2/b38-36+. The summed E-state index contributed by atoms with van der Waals surface area (Å²) in [7, 11) is 0. The van der Waals surface area contributed by atoms with Crippen LogP contribution in [-0.2, 0) is 0 Å². The Hall–Kier alpha value is -4.57. The summed E-state index contributed by atoms with van der Waals surface area (Å²) in [5.74, 6) is 0. The molecular weight excluding hydrogens is 492 g/mol. The molecule has 0 aliphatic heterocycles. The molecule has 2 nitrogen and oxygen atoms in total. The molecule has 39 heavy (non-hydrogen) atoms. The van der Waals surface area contributed by atoms with E-state index in [9.17, 15) is 0 Å². The van der Waals surface area contributed by atoms with Crippen LogP contribution in [0.5, 0.6) is 0 Å². The van der Waals surface area contributed by atoms with E-state index in [0.29, 0.717) is 0 Å². The highest BCUT2D eigenvalue weighted by Crippen LogP contribution is 2.40. The van der Waals surface area contributed by atoms with E-state index in [4.69, 9.17) is 10.7 Å². The van der Waals surface area contributed by atoms with Gasteiger partial charge in [-0.05, 0) is 51.2 Å². The molecule has 2 N–H and O–H groups in total. The molecule has 1 heterocycles. The average molecular weight is 519 g/mol. The largest absolute Gasteiger partial charge is 0.312 e. The number of nitrogens with zero attached hydrogens (tertiary/aromatic N) is 1. The van der Waals surface area contributed by atoms with Crippen molar-refractivity contribution in [3.05, 3.63) is 145 Å². The lowest BCUT2D eigenvalue weighted by molar-refractivity contribution is 1.07. The molecule has 0 bridgehead atoms. The van der Waals surface area contributed by atoms with Gasteiger partial charge in [-0.1, -0.05) is 115 Å². The van der Waals surface area contributed by atoms with E-state index in [1.807, 2.05) is 11.3 Å². The first-order chi connectivity index (χ1) is 19.3. The molecule has 0 atom stereocenters. The molecule has 0 unspecified atom stereocenters. The number of rotatable bonds is 5. The molecule has 186 valence electrons. The Labute approximate surface area is 231 Å². The molecular formula is C36H26N2S. The molecule has 7 aromatic rings. The fourth-order valence-electron chi connectivity index (χ4n) is 5.57. The van der Waals surface area contributed by atoms with E-state index in [0.717, 1.165) is 16.8 Å².